The van der Waals surface area contributed by atoms with Gasteiger partial charge in [0.05, 0.1) is 25.3 Å². The van der Waals surface area contributed by atoms with Gasteiger partial charge in [-0.15, -0.1) is 0 Å². The molecule has 0 spiro atoms. The van der Waals surface area contributed by atoms with Crippen molar-refractivity contribution >= 4 is 17.5 Å². The van der Waals surface area contributed by atoms with E-state index in [1.54, 1.807) is 23.1 Å². The molecule has 3 aromatic carbocycles. The summed E-state index contributed by atoms with van der Waals surface area (Å²) >= 11 is 0. The Morgan fingerprint density at radius 3 is 2.39 bits per heavy atom. The van der Waals surface area contributed by atoms with Gasteiger partial charge in [0.25, 0.3) is 0 Å². The fourth-order valence-corrected chi connectivity index (χ4v) is 3.21. The fraction of sp³-hybridized carbons (Fsp3) is 0.120. The molecule has 8 heteroatoms. The van der Waals surface area contributed by atoms with E-state index >= 15 is 0 Å². The standard InChI is InChI=1S/C25H23N5O3/c31-24(14-15-33-23-9-5-4-8-22(23)19-6-2-1-3-7-19)27-16-25(32)29-20-10-12-21(13-11-20)30-18-26-17-28-30/h1-13,17-18H,14-16H2,(H,27,31)(H,29,32). The summed E-state index contributed by atoms with van der Waals surface area (Å²) in [5.41, 5.74) is 3.46. The van der Waals surface area contributed by atoms with Crippen molar-refractivity contribution in [1.82, 2.24) is 20.1 Å². The van der Waals surface area contributed by atoms with E-state index in [-0.39, 0.29) is 31.4 Å². The number of carbonyl (C=O) groups is 2. The molecule has 4 rings (SSSR count). The monoisotopic (exact) mass is 441 g/mol. The van der Waals surface area contributed by atoms with Crippen LogP contribution >= 0.6 is 0 Å². The molecule has 4 aromatic rings. The maximum atomic E-state index is 12.1. The smallest absolute Gasteiger partial charge is 0.243 e. The molecule has 0 saturated carbocycles. The van der Waals surface area contributed by atoms with Crippen LogP contribution in [0, 0.1) is 0 Å². The van der Waals surface area contributed by atoms with Gasteiger partial charge in [0.2, 0.25) is 11.8 Å². The highest BCUT2D eigenvalue weighted by molar-refractivity contribution is 5.94. The molecule has 1 aromatic heterocycles. The second-order valence-corrected chi connectivity index (χ2v) is 7.17. The summed E-state index contributed by atoms with van der Waals surface area (Å²) < 4.78 is 7.45. The Hall–Kier alpha value is -4.46. The lowest BCUT2D eigenvalue weighted by molar-refractivity contribution is -0.124. The van der Waals surface area contributed by atoms with Crippen molar-refractivity contribution in [3.63, 3.8) is 0 Å². The van der Waals surface area contributed by atoms with Crippen LogP contribution in [-0.4, -0.2) is 39.7 Å². The second kappa shape index (κ2) is 10.7. The lowest BCUT2D eigenvalue weighted by Crippen LogP contribution is -2.33. The number of anilines is 1. The van der Waals surface area contributed by atoms with E-state index in [1.807, 2.05) is 66.7 Å². The Morgan fingerprint density at radius 2 is 1.64 bits per heavy atom. The average Bonchev–Trinajstić information content (AvgIpc) is 3.39. The summed E-state index contributed by atoms with van der Waals surface area (Å²) in [4.78, 5) is 28.2. The zero-order chi connectivity index (χ0) is 22.9. The number of rotatable bonds is 9. The van der Waals surface area contributed by atoms with Crippen molar-refractivity contribution in [3.8, 4) is 22.6 Å². The van der Waals surface area contributed by atoms with Gasteiger partial charge in [0.15, 0.2) is 0 Å². The van der Waals surface area contributed by atoms with Gasteiger partial charge in [-0.3, -0.25) is 9.59 Å². The molecule has 2 N–H and O–H groups in total. The van der Waals surface area contributed by atoms with Gasteiger partial charge in [0, 0.05) is 11.3 Å². The molecule has 0 bridgehead atoms. The highest BCUT2D eigenvalue weighted by Crippen LogP contribution is 2.29. The van der Waals surface area contributed by atoms with Crippen molar-refractivity contribution in [1.29, 1.82) is 0 Å². The van der Waals surface area contributed by atoms with Crippen molar-refractivity contribution in [2.75, 3.05) is 18.5 Å². The highest BCUT2D eigenvalue weighted by Gasteiger charge is 2.09. The quantitative estimate of drug-likeness (QED) is 0.415. The van der Waals surface area contributed by atoms with E-state index in [2.05, 4.69) is 20.7 Å². The molecule has 1 heterocycles. The normalized spacial score (nSPS) is 10.4. The van der Waals surface area contributed by atoms with Crippen molar-refractivity contribution < 1.29 is 14.3 Å². The first-order valence-corrected chi connectivity index (χ1v) is 10.5. The van der Waals surface area contributed by atoms with E-state index in [0.29, 0.717) is 11.4 Å². The van der Waals surface area contributed by atoms with Crippen molar-refractivity contribution in [2.45, 2.75) is 6.42 Å². The zero-order valence-electron chi connectivity index (χ0n) is 17.8. The van der Waals surface area contributed by atoms with Crippen LogP contribution in [-0.2, 0) is 9.59 Å². The third-order valence-corrected chi connectivity index (χ3v) is 4.84. The SMILES string of the molecule is O=C(CCOc1ccccc1-c1ccccc1)NCC(=O)Nc1ccc(-n2cncn2)cc1. The number of nitrogens with one attached hydrogen (secondary N) is 2. The molecule has 2 amide bonds. The van der Waals surface area contributed by atoms with Gasteiger partial charge in [-0.25, -0.2) is 9.67 Å². The van der Waals surface area contributed by atoms with Crippen LogP contribution in [0.25, 0.3) is 16.8 Å². The zero-order valence-corrected chi connectivity index (χ0v) is 17.8. The molecule has 0 aliphatic rings. The van der Waals surface area contributed by atoms with E-state index < -0.39 is 0 Å². The third-order valence-electron chi connectivity index (χ3n) is 4.84. The molecular formula is C25H23N5O3. The minimum Gasteiger partial charge on any atom is -0.492 e. The maximum Gasteiger partial charge on any atom is 0.243 e. The highest BCUT2D eigenvalue weighted by atomic mass is 16.5. The van der Waals surface area contributed by atoms with Gasteiger partial charge in [-0.1, -0.05) is 48.5 Å². The minimum absolute atomic E-state index is 0.121. The molecule has 166 valence electrons. The number of carbonyl (C=O) groups excluding carboxylic acids is 2. The lowest BCUT2D eigenvalue weighted by Gasteiger charge is -2.12. The average molecular weight is 441 g/mol. The van der Waals surface area contributed by atoms with E-state index in [4.69, 9.17) is 4.74 Å². The van der Waals surface area contributed by atoms with Crippen LogP contribution in [0.15, 0.2) is 91.5 Å². The molecule has 0 radical (unpaired) electrons. The van der Waals surface area contributed by atoms with E-state index in [9.17, 15) is 9.59 Å². The van der Waals surface area contributed by atoms with Crippen LogP contribution in [0.5, 0.6) is 5.75 Å². The number of amides is 2. The Kier molecular flexibility index (Phi) is 7.07. The Labute approximate surface area is 191 Å². The summed E-state index contributed by atoms with van der Waals surface area (Å²) in [5.74, 6) is 0.139. The number of para-hydroxylation sites is 1. The van der Waals surface area contributed by atoms with Crippen LogP contribution in [0.2, 0.25) is 0 Å². The first kappa shape index (κ1) is 21.8. The van der Waals surface area contributed by atoms with Gasteiger partial charge >= 0.3 is 0 Å². The van der Waals surface area contributed by atoms with Crippen LogP contribution < -0.4 is 15.4 Å². The van der Waals surface area contributed by atoms with Gasteiger partial charge < -0.3 is 15.4 Å². The van der Waals surface area contributed by atoms with Crippen molar-refractivity contribution in [2.24, 2.45) is 0 Å². The first-order chi connectivity index (χ1) is 16.2. The Morgan fingerprint density at radius 1 is 0.879 bits per heavy atom. The molecule has 33 heavy (non-hydrogen) atoms. The van der Waals surface area contributed by atoms with E-state index in [1.165, 1.54) is 6.33 Å². The van der Waals surface area contributed by atoms with Crippen LogP contribution in [0.3, 0.4) is 0 Å². The van der Waals surface area contributed by atoms with Gasteiger partial charge in [-0.2, -0.15) is 5.10 Å². The third kappa shape index (κ3) is 6.04. The molecule has 0 aliphatic heterocycles. The molecule has 8 nitrogen and oxygen atoms in total. The number of nitrogens with zero attached hydrogens (tertiary/aromatic N) is 3. The fourth-order valence-electron chi connectivity index (χ4n) is 3.21. The van der Waals surface area contributed by atoms with Gasteiger partial charge in [-0.05, 0) is 35.9 Å². The number of hydrogen-bond donors (Lipinski definition) is 2. The summed E-state index contributed by atoms with van der Waals surface area (Å²) in [6.45, 7) is 0.0886. The summed E-state index contributed by atoms with van der Waals surface area (Å²) in [6, 6.07) is 24.8. The van der Waals surface area contributed by atoms with Crippen LogP contribution in [0.4, 0.5) is 5.69 Å². The molecule has 0 atom stereocenters. The topological polar surface area (TPSA) is 98.1 Å². The first-order valence-electron chi connectivity index (χ1n) is 10.5. The van der Waals surface area contributed by atoms with Crippen LogP contribution in [0.1, 0.15) is 6.42 Å². The largest absolute Gasteiger partial charge is 0.492 e. The number of hydrogen-bond acceptors (Lipinski definition) is 5. The Balaban J connectivity index is 1.21. The van der Waals surface area contributed by atoms with Crippen molar-refractivity contribution in [3.05, 3.63) is 91.5 Å². The summed E-state index contributed by atoms with van der Waals surface area (Å²) in [6.07, 6.45) is 3.18. The molecule has 0 aliphatic carbocycles. The van der Waals surface area contributed by atoms with E-state index in [0.717, 1.165) is 16.8 Å². The Bertz CT molecular complexity index is 1190. The predicted octanol–water partition coefficient (Wildman–Crippen LogP) is 3.46. The molecular weight excluding hydrogens is 418 g/mol. The summed E-state index contributed by atoms with van der Waals surface area (Å²) in [5, 5.41) is 9.41. The number of benzene rings is 3. The second-order valence-electron chi connectivity index (χ2n) is 7.17. The predicted molar refractivity (Wildman–Crippen MR) is 125 cm³/mol. The molecule has 0 fully saturated rings. The molecule has 0 unspecified atom stereocenters. The maximum absolute atomic E-state index is 12.1. The number of ether oxygens (including phenoxy) is 1. The lowest BCUT2D eigenvalue weighted by atomic mass is 10.1. The van der Waals surface area contributed by atoms with Gasteiger partial charge in [0.1, 0.15) is 18.4 Å². The minimum atomic E-state index is -0.313. The number of aromatic nitrogens is 3. The summed E-state index contributed by atoms with van der Waals surface area (Å²) in [7, 11) is 0. The molecule has 0 saturated heterocycles.